The zero-order valence-corrected chi connectivity index (χ0v) is 19.1. The van der Waals surface area contributed by atoms with Gasteiger partial charge in [-0.1, -0.05) is 6.07 Å². The minimum atomic E-state index is 0.0939. The van der Waals surface area contributed by atoms with E-state index in [2.05, 4.69) is 37.3 Å². The first-order valence-electron chi connectivity index (χ1n) is 12.1. The topological polar surface area (TPSA) is 69.5 Å². The number of hydrogen-bond donors (Lipinski definition) is 1. The molecule has 3 aliphatic rings. The summed E-state index contributed by atoms with van der Waals surface area (Å²) in [5, 5.41) is 7.72. The largest absolute Gasteiger partial charge is 0.354 e. The van der Waals surface area contributed by atoms with E-state index < -0.39 is 0 Å². The number of nitrogens with zero attached hydrogens (tertiary/aromatic N) is 6. The summed E-state index contributed by atoms with van der Waals surface area (Å²) >= 11 is 0. The molecular weight excluding hydrogens is 402 g/mol. The van der Waals surface area contributed by atoms with Crippen LogP contribution >= 0.6 is 0 Å². The number of anilines is 1. The number of urea groups is 1. The van der Waals surface area contributed by atoms with E-state index in [4.69, 9.17) is 0 Å². The van der Waals surface area contributed by atoms with Gasteiger partial charge in [-0.05, 0) is 50.2 Å². The van der Waals surface area contributed by atoms with Crippen molar-refractivity contribution >= 4 is 11.8 Å². The Labute approximate surface area is 190 Å². The van der Waals surface area contributed by atoms with E-state index in [0.29, 0.717) is 5.92 Å². The van der Waals surface area contributed by atoms with Gasteiger partial charge in [0.2, 0.25) is 0 Å². The first kappa shape index (κ1) is 21.2. The molecule has 4 heterocycles. The number of piperazine rings is 1. The Morgan fingerprint density at radius 3 is 2.81 bits per heavy atom. The molecule has 8 nitrogen and oxygen atoms in total. The van der Waals surface area contributed by atoms with Crippen LogP contribution in [0.15, 0.2) is 30.6 Å². The van der Waals surface area contributed by atoms with Crippen LogP contribution in [0.25, 0.3) is 0 Å². The Morgan fingerprint density at radius 1 is 1.12 bits per heavy atom. The number of carbonyl (C=O) groups is 1. The van der Waals surface area contributed by atoms with E-state index in [1.165, 1.54) is 17.7 Å². The molecule has 0 aromatic carbocycles. The molecule has 2 aromatic rings. The number of piperidine rings is 1. The van der Waals surface area contributed by atoms with Gasteiger partial charge in [-0.3, -0.25) is 9.58 Å². The van der Waals surface area contributed by atoms with Crippen molar-refractivity contribution in [3.05, 3.63) is 41.9 Å². The minimum Gasteiger partial charge on any atom is -0.354 e. The molecule has 1 N–H and O–H groups in total. The number of pyridine rings is 1. The molecule has 2 aromatic heterocycles. The third-order valence-electron chi connectivity index (χ3n) is 7.34. The van der Waals surface area contributed by atoms with Crippen molar-refractivity contribution in [1.29, 1.82) is 0 Å². The smallest absolute Gasteiger partial charge is 0.317 e. The molecule has 2 amide bonds. The van der Waals surface area contributed by atoms with E-state index in [9.17, 15) is 4.79 Å². The maximum atomic E-state index is 13.1. The number of rotatable bonds is 4. The van der Waals surface area contributed by atoms with E-state index in [0.717, 1.165) is 77.3 Å². The Hall–Kier alpha value is -2.61. The maximum absolute atomic E-state index is 13.1. The molecule has 2 saturated heterocycles. The third-order valence-corrected chi connectivity index (χ3v) is 7.34. The summed E-state index contributed by atoms with van der Waals surface area (Å²) < 4.78 is 1.96. The fraction of sp³-hybridized carbons (Fsp3) is 0.625. The van der Waals surface area contributed by atoms with Gasteiger partial charge in [-0.25, -0.2) is 9.78 Å². The second-order valence-corrected chi connectivity index (χ2v) is 9.49. The lowest BCUT2D eigenvalue weighted by molar-refractivity contribution is 0.134. The number of aromatic nitrogens is 3. The number of aryl methyl sites for hydroxylation is 1. The monoisotopic (exact) mass is 437 g/mol. The number of carbonyl (C=O) groups excluding carboxylic acids is 1. The molecule has 0 spiro atoms. The lowest BCUT2D eigenvalue weighted by Gasteiger charge is -2.40. The molecule has 2 unspecified atom stereocenters. The van der Waals surface area contributed by atoms with Crippen molar-refractivity contribution in [2.45, 2.75) is 38.1 Å². The predicted molar refractivity (Wildman–Crippen MR) is 125 cm³/mol. The standard InChI is InChI=1S/C24H35N7O/c1-28-22-8-4-7-21(20(22)16-26-28)27-24(32)31-11-5-6-19(18-31)17-29-12-14-30(15-13-29)23-9-2-3-10-25-23/h2-3,9-10,16,19,21H,4-8,11-15,17-18H2,1H3,(H,27,32). The minimum absolute atomic E-state index is 0.0939. The molecule has 1 aliphatic carbocycles. The van der Waals surface area contributed by atoms with Crippen LogP contribution in [0.4, 0.5) is 10.6 Å². The van der Waals surface area contributed by atoms with Gasteiger partial charge in [0, 0.05) is 70.3 Å². The van der Waals surface area contributed by atoms with Gasteiger partial charge in [0.05, 0.1) is 12.2 Å². The first-order chi connectivity index (χ1) is 15.7. The second-order valence-electron chi connectivity index (χ2n) is 9.49. The lowest BCUT2D eigenvalue weighted by Crippen LogP contribution is -2.51. The van der Waals surface area contributed by atoms with Crippen LogP contribution in [0.2, 0.25) is 0 Å². The second kappa shape index (κ2) is 9.48. The number of nitrogens with one attached hydrogen (secondary N) is 1. The number of likely N-dealkylation sites (tertiary alicyclic amines) is 1. The Bertz CT molecular complexity index is 906. The molecule has 2 atom stereocenters. The highest BCUT2D eigenvalue weighted by Crippen LogP contribution is 2.29. The Balaban J connectivity index is 1.11. The summed E-state index contributed by atoms with van der Waals surface area (Å²) in [6, 6.07) is 6.30. The van der Waals surface area contributed by atoms with E-state index in [-0.39, 0.29) is 12.1 Å². The summed E-state index contributed by atoms with van der Waals surface area (Å²) in [6.45, 7) is 6.96. The van der Waals surface area contributed by atoms with Gasteiger partial charge in [-0.15, -0.1) is 0 Å². The zero-order chi connectivity index (χ0) is 21.9. The summed E-state index contributed by atoms with van der Waals surface area (Å²) in [6.07, 6.45) is 9.26. The molecule has 8 heteroatoms. The maximum Gasteiger partial charge on any atom is 0.317 e. The van der Waals surface area contributed by atoms with E-state index in [1.807, 2.05) is 35.1 Å². The highest BCUT2D eigenvalue weighted by molar-refractivity contribution is 5.75. The van der Waals surface area contributed by atoms with Crippen LogP contribution in [0.3, 0.4) is 0 Å². The molecule has 0 bridgehead atoms. The third kappa shape index (κ3) is 4.60. The quantitative estimate of drug-likeness (QED) is 0.796. The fourth-order valence-corrected chi connectivity index (χ4v) is 5.56. The van der Waals surface area contributed by atoms with Crippen molar-refractivity contribution in [3.63, 3.8) is 0 Å². The van der Waals surface area contributed by atoms with Crippen LogP contribution < -0.4 is 10.2 Å². The van der Waals surface area contributed by atoms with Crippen molar-refractivity contribution in [1.82, 2.24) is 29.9 Å². The fourth-order valence-electron chi connectivity index (χ4n) is 5.56. The van der Waals surface area contributed by atoms with Gasteiger partial charge in [-0.2, -0.15) is 5.10 Å². The predicted octanol–water partition coefficient (Wildman–Crippen LogP) is 2.44. The highest BCUT2D eigenvalue weighted by atomic mass is 16.2. The highest BCUT2D eigenvalue weighted by Gasteiger charge is 2.30. The molecular formula is C24H35N7O. The van der Waals surface area contributed by atoms with Crippen LogP contribution in [0.5, 0.6) is 0 Å². The van der Waals surface area contributed by atoms with E-state index in [1.54, 1.807) is 0 Å². The normalized spacial score (nSPS) is 24.3. The van der Waals surface area contributed by atoms with Crippen LogP contribution in [0.1, 0.15) is 43.0 Å². The van der Waals surface area contributed by atoms with Crippen LogP contribution in [0, 0.1) is 5.92 Å². The van der Waals surface area contributed by atoms with Crippen molar-refractivity contribution in [3.8, 4) is 0 Å². The summed E-state index contributed by atoms with van der Waals surface area (Å²) in [5.74, 6) is 1.63. The van der Waals surface area contributed by atoms with Gasteiger partial charge in [0.1, 0.15) is 5.82 Å². The van der Waals surface area contributed by atoms with Gasteiger partial charge in [0.25, 0.3) is 0 Å². The average Bonchev–Trinajstić information content (AvgIpc) is 3.22. The number of hydrogen-bond acceptors (Lipinski definition) is 5. The Kier molecular flexibility index (Phi) is 6.30. The molecule has 172 valence electrons. The van der Waals surface area contributed by atoms with Crippen LogP contribution in [-0.4, -0.2) is 76.4 Å². The molecule has 32 heavy (non-hydrogen) atoms. The number of fused-ring (bicyclic) bond motifs is 1. The summed E-state index contributed by atoms with van der Waals surface area (Å²) in [7, 11) is 1.99. The SMILES string of the molecule is Cn1ncc2c1CCCC2NC(=O)N1CCCC(CN2CCN(c3ccccn3)CC2)C1. The first-order valence-corrected chi connectivity index (χ1v) is 12.1. The average molecular weight is 438 g/mol. The molecule has 0 saturated carbocycles. The van der Waals surface area contributed by atoms with Gasteiger partial charge < -0.3 is 15.1 Å². The summed E-state index contributed by atoms with van der Waals surface area (Å²) in [4.78, 5) is 24.5. The molecule has 5 rings (SSSR count). The van der Waals surface area contributed by atoms with Crippen molar-refractivity contribution < 1.29 is 4.79 Å². The molecule has 2 aliphatic heterocycles. The number of amides is 2. The van der Waals surface area contributed by atoms with Crippen LogP contribution in [-0.2, 0) is 13.5 Å². The molecule has 2 fully saturated rings. The van der Waals surface area contributed by atoms with Gasteiger partial charge in [0.15, 0.2) is 0 Å². The van der Waals surface area contributed by atoms with Crippen molar-refractivity contribution in [2.24, 2.45) is 13.0 Å². The van der Waals surface area contributed by atoms with Gasteiger partial charge >= 0.3 is 6.03 Å². The lowest BCUT2D eigenvalue weighted by atomic mass is 9.93. The zero-order valence-electron chi connectivity index (χ0n) is 19.1. The van der Waals surface area contributed by atoms with Crippen molar-refractivity contribution in [2.75, 3.05) is 50.7 Å². The molecule has 0 radical (unpaired) electrons. The Morgan fingerprint density at radius 2 is 2.00 bits per heavy atom. The summed E-state index contributed by atoms with van der Waals surface area (Å²) in [5.41, 5.74) is 2.47. The van der Waals surface area contributed by atoms with E-state index >= 15 is 0 Å².